The Morgan fingerprint density at radius 2 is 1.76 bits per heavy atom. The lowest BCUT2D eigenvalue weighted by molar-refractivity contribution is -0.123. The van der Waals surface area contributed by atoms with Crippen molar-refractivity contribution in [1.29, 1.82) is 0 Å². The molecule has 34 heavy (non-hydrogen) atoms. The van der Waals surface area contributed by atoms with E-state index in [0.717, 1.165) is 22.3 Å². The third-order valence-electron chi connectivity index (χ3n) is 7.43. The van der Waals surface area contributed by atoms with Crippen LogP contribution in [-0.4, -0.2) is 42.8 Å². The van der Waals surface area contributed by atoms with Gasteiger partial charge in [0.25, 0.3) is 0 Å². The molecule has 0 spiro atoms. The average Bonchev–Trinajstić information content (AvgIpc) is 3.07. The van der Waals surface area contributed by atoms with Crippen molar-refractivity contribution in [2.24, 2.45) is 17.8 Å². The molecule has 3 aliphatic rings. The first kappa shape index (κ1) is 22.8. The number of allylic oxidation sites excluding steroid dienone is 1. The molecule has 2 aliphatic heterocycles. The van der Waals surface area contributed by atoms with Crippen molar-refractivity contribution in [3.05, 3.63) is 70.2 Å². The number of aryl methyl sites for hydroxylation is 2. The molecule has 0 unspecified atom stereocenters. The van der Waals surface area contributed by atoms with Gasteiger partial charge in [0.1, 0.15) is 5.75 Å². The van der Waals surface area contributed by atoms with Crippen molar-refractivity contribution in [2.75, 3.05) is 18.6 Å². The van der Waals surface area contributed by atoms with Crippen molar-refractivity contribution in [2.45, 2.75) is 32.8 Å². The fourth-order valence-corrected chi connectivity index (χ4v) is 5.94. The molecule has 4 atom stereocenters. The Kier molecular flexibility index (Phi) is 5.84. The summed E-state index contributed by atoms with van der Waals surface area (Å²) in [6, 6.07) is 12.7. The van der Waals surface area contributed by atoms with E-state index in [0.29, 0.717) is 24.0 Å². The third kappa shape index (κ3) is 3.57. The molecule has 0 aromatic heterocycles. The van der Waals surface area contributed by atoms with Crippen LogP contribution in [0.25, 0.3) is 0 Å². The Labute approximate surface area is 199 Å². The molecular formula is C26H28BNO6. The fraction of sp³-hybridized carbons (Fsp3) is 0.385. The number of phenols is 1. The molecule has 0 radical (unpaired) electrons. The highest BCUT2D eigenvalue weighted by Crippen LogP contribution is 2.52. The van der Waals surface area contributed by atoms with Gasteiger partial charge in [-0.15, -0.1) is 0 Å². The zero-order valence-corrected chi connectivity index (χ0v) is 19.5. The number of amides is 2. The van der Waals surface area contributed by atoms with Crippen LogP contribution in [-0.2, 0) is 19.0 Å². The van der Waals surface area contributed by atoms with E-state index in [2.05, 4.69) is 0 Å². The Bertz CT molecular complexity index is 1160. The first-order chi connectivity index (χ1) is 16.3. The summed E-state index contributed by atoms with van der Waals surface area (Å²) in [6.45, 7) is 3.91. The molecule has 2 amide bonds. The van der Waals surface area contributed by atoms with Gasteiger partial charge in [0.05, 0.1) is 30.2 Å². The number of methoxy groups -OCH3 is 1. The maximum absolute atomic E-state index is 13.7. The van der Waals surface area contributed by atoms with Crippen molar-refractivity contribution in [3.63, 3.8) is 0 Å². The van der Waals surface area contributed by atoms with Gasteiger partial charge in [-0.25, -0.2) is 0 Å². The van der Waals surface area contributed by atoms with Gasteiger partial charge in [-0.05, 0) is 84.6 Å². The molecule has 5 rings (SSSR count). The normalized spacial score (nSPS) is 26.7. The maximum atomic E-state index is 13.7. The van der Waals surface area contributed by atoms with Gasteiger partial charge in [0.15, 0.2) is 0 Å². The van der Waals surface area contributed by atoms with Gasteiger partial charge < -0.3 is 19.5 Å². The minimum atomic E-state index is -1.20. The van der Waals surface area contributed by atoms with Gasteiger partial charge in [-0.3, -0.25) is 14.5 Å². The average molecular weight is 461 g/mol. The van der Waals surface area contributed by atoms with Crippen LogP contribution < -0.4 is 4.90 Å². The summed E-state index contributed by atoms with van der Waals surface area (Å²) >= 11 is 0. The molecule has 176 valence electrons. The fourth-order valence-electron chi connectivity index (χ4n) is 5.94. The second-order valence-electron chi connectivity index (χ2n) is 9.50. The predicted molar refractivity (Wildman–Crippen MR) is 127 cm³/mol. The van der Waals surface area contributed by atoms with E-state index >= 15 is 0 Å². The summed E-state index contributed by atoms with van der Waals surface area (Å²) in [5.74, 6) is -1.62. The molecular weight excluding hydrogens is 433 g/mol. The van der Waals surface area contributed by atoms with Crippen LogP contribution in [0.4, 0.5) is 5.69 Å². The summed E-state index contributed by atoms with van der Waals surface area (Å²) < 4.78 is 11.4. The molecule has 0 bridgehead atoms. The molecule has 2 fully saturated rings. The highest BCUT2D eigenvalue weighted by Gasteiger charge is 2.58. The number of hydrogen-bond acceptors (Lipinski definition) is 6. The maximum Gasteiger partial charge on any atom is 0.487 e. The van der Waals surface area contributed by atoms with E-state index in [4.69, 9.17) is 9.39 Å². The summed E-state index contributed by atoms with van der Waals surface area (Å²) in [6.07, 6.45) is 0.338. The molecule has 0 saturated carbocycles. The van der Waals surface area contributed by atoms with Crippen LogP contribution >= 0.6 is 0 Å². The Morgan fingerprint density at radius 1 is 1.09 bits per heavy atom. The second-order valence-corrected chi connectivity index (χ2v) is 9.50. The standard InChI is InChI=1S/C26H28BNO6/c1-14-9-16(10-15(2)24(14)29)21-12-19-22-20(11-17(13-33-3)23(19)27(32)34-21)25(30)28(26(22)31)18-7-5-4-6-8-18/h4-10,19-22,29,32H,11-13H2,1-3H3/t19-,20-,21-,22+/m0/s1. The first-order valence-electron chi connectivity index (χ1n) is 11.6. The number of para-hydroxylation sites is 1. The van der Waals surface area contributed by atoms with Crippen LogP contribution in [0, 0.1) is 31.6 Å². The van der Waals surface area contributed by atoms with Crippen molar-refractivity contribution in [1.82, 2.24) is 0 Å². The summed E-state index contributed by atoms with van der Waals surface area (Å²) in [5, 5.41) is 21.3. The molecule has 2 heterocycles. The Morgan fingerprint density at radius 3 is 2.41 bits per heavy atom. The zero-order chi connectivity index (χ0) is 24.1. The van der Waals surface area contributed by atoms with Gasteiger partial charge in [-0.1, -0.05) is 18.2 Å². The van der Waals surface area contributed by atoms with Crippen LogP contribution in [0.2, 0.25) is 0 Å². The quantitative estimate of drug-likeness (QED) is 0.536. The molecule has 8 heteroatoms. The van der Waals surface area contributed by atoms with Crippen molar-refractivity contribution < 1.29 is 29.1 Å². The number of carbonyl (C=O) groups is 2. The number of nitrogens with zero attached hydrogens (tertiary/aromatic N) is 1. The number of rotatable bonds is 4. The minimum Gasteiger partial charge on any atom is -0.507 e. The second kappa shape index (κ2) is 8.69. The van der Waals surface area contributed by atoms with Crippen LogP contribution in [0.15, 0.2) is 53.5 Å². The van der Waals surface area contributed by atoms with E-state index in [9.17, 15) is 19.7 Å². The number of imide groups is 1. The van der Waals surface area contributed by atoms with Gasteiger partial charge >= 0.3 is 7.12 Å². The number of fused-ring (bicyclic) bond motifs is 3. The number of ether oxygens (including phenoxy) is 1. The molecule has 2 aromatic carbocycles. The Hall–Kier alpha value is -2.94. The highest BCUT2D eigenvalue weighted by molar-refractivity contribution is 6.53. The molecule has 1 aliphatic carbocycles. The number of carbonyl (C=O) groups excluding carboxylic acids is 2. The molecule has 7 nitrogen and oxygen atoms in total. The van der Waals surface area contributed by atoms with E-state index < -0.39 is 25.1 Å². The summed E-state index contributed by atoms with van der Waals surface area (Å²) in [4.78, 5) is 28.4. The molecule has 2 N–H and O–H groups in total. The summed E-state index contributed by atoms with van der Waals surface area (Å²) in [7, 11) is 0.380. The van der Waals surface area contributed by atoms with Crippen LogP contribution in [0.1, 0.15) is 35.6 Å². The highest BCUT2D eigenvalue weighted by atomic mass is 16.5. The smallest absolute Gasteiger partial charge is 0.487 e. The topological polar surface area (TPSA) is 96.3 Å². The van der Waals surface area contributed by atoms with Crippen molar-refractivity contribution >= 4 is 24.6 Å². The van der Waals surface area contributed by atoms with Crippen LogP contribution in [0.3, 0.4) is 0 Å². The monoisotopic (exact) mass is 461 g/mol. The predicted octanol–water partition coefficient (Wildman–Crippen LogP) is 3.26. The minimum absolute atomic E-state index is 0.206. The zero-order valence-electron chi connectivity index (χ0n) is 19.5. The number of phenolic OH excluding ortho intramolecular Hbond substituents is 1. The summed E-state index contributed by atoms with van der Waals surface area (Å²) in [5.41, 5.74) is 4.34. The number of benzene rings is 2. The lowest BCUT2D eigenvalue weighted by Crippen LogP contribution is -2.45. The van der Waals surface area contributed by atoms with Gasteiger partial charge in [-0.2, -0.15) is 0 Å². The lowest BCUT2D eigenvalue weighted by atomic mass is 9.55. The third-order valence-corrected chi connectivity index (χ3v) is 7.43. The molecule has 2 saturated heterocycles. The first-order valence-corrected chi connectivity index (χ1v) is 11.6. The van der Waals surface area contributed by atoms with E-state index in [1.54, 1.807) is 19.2 Å². The van der Waals surface area contributed by atoms with Gasteiger partial charge in [0.2, 0.25) is 11.8 Å². The van der Waals surface area contributed by atoms with E-state index in [-0.39, 0.29) is 30.1 Å². The van der Waals surface area contributed by atoms with E-state index in [1.807, 2.05) is 44.2 Å². The SMILES string of the molecule is COCC1=C2B(O)O[C@H](c3cc(C)c(O)c(C)c3)C[C@H]2[C@H]2C(=O)N(c3ccccc3)C(=O)[C@H]2C1. The van der Waals surface area contributed by atoms with Crippen LogP contribution in [0.5, 0.6) is 5.75 Å². The Balaban J connectivity index is 1.56. The molecule has 2 aromatic rings. The lowest BCUT2D eigenvalue weighted by Gasteiger charge is -2.42. The largest absolute Gasteiger partial charge is 0.507 e. The number of hydrogen-bond donors (Lipinski definition) is 2. The number of aromatic hydroxyl groups is 1. The number of anilines is 1. The van der Waals surface area contributed by atoms with Crippen molar-refractivity contribution in [3.8, 4) is 5.75 Å². The van der Waals surface area contributed by atoms with E-state index in [1.165, 1.54) is 4.90 Å². The van der Waals surface area contributed by atoms with Gasteiger partial charge in [0, 0.05) is 7.11 Å².